The Morgan fingerprint density at radius 1 is 1.21 bits per heavy atom. The molecule has 0 atom stereocenters. The van der Waals surface area contributed by atoms with Crippen LogP contribution in [-0.4, -0.2) is 24.9 Å². The van der Waals surface area contributed by atoms with Crippen molar-refractivity contribution in [1.82, 2.24) is 19.1 Å². The zero-order chi connectivity index (χ0) is 19.7. The van der Waals surface area contributed by atoms with Crippen molar-refractivity contribution in [3.63, 3.8) is 0 Å². The van der Waals surface area contributed by atoms with Crippen molar-refractivity contribution >= 4 is 34.5 Å². The predicted molar refractivity (Wildman–Crippen MR) is 113 cm³/mol. The molecule has 1 aromatic carbocycles. The minimum Gasteiger partial charge on any atom is -0.307 e. The predicted octanol–water partition coefficient (Wildman–Crippen LogP) is 5.22. The van der Waals surface area contributed by atoms with E-state index < -0.39 is 0 Å². The molecule has 3 aromatic heterocycles. The Hall–Kier alpha value is -2.75. The highest BCUT2D eigenvalue weighted by molar-refractivity contribution is 7.99. The second-order valence-corrected chi connectivity index (χ2v) is 8.07. The van der Waals surface area contributed by atoms with Crippen LogP contribution in [0, 0.1) is 18.3 Å². The van der Waals surface area contributed by atoms with E-state index in [9.17, 15) is 5.26 Å². The lowest BCUT2D eigenvalue weighted by Gasteiger charge is -2.10. The van der Waals surface area contributed by atoms with Crippen molar-refractivity contribution in [3.8, 4) is 11.8 Å². The minimum absolute atomic E-state index is 0.514. The van der Waals surface area contributed by atoms with Gasteiger partial charge < -0.3 is 4.57 Å². The highest BCUT2D eigenvalue weighted by Gasteiger charge is 2.14. The summed E-state index contributed by atoms with van der Waals surface area (Å²) in [6.45, 7) is 4.87. The number of fused-ring (bicyclic) bond motifs is 1. The van der Waals surface area contributed by atoms with E-state index in [1.165, 1.54) is 0 Å². The number of hydrogen-bond donors (Lipinski definition) is 0. The zero-order valence-electron chi connectivity index (χ0n) is 15.6. The van der Waals surface area contributed by atoms with E-state index in [0.717, 1.165) is 38.9 Å². The van der Waals surface area contributed by atoms with E-state index in [1.807, 2.05) is 24.4 Å². The molecule has 0 aliphatic rings. The molecule has 0 spiro atoms. The highest BCUT2D eigenvalue weighted by atomic mass is 35.5. The average molecular weight is 408 g/mol. The van der Waals surface area contributed by atoms with Crippen LogP contribution in [0.1, 0.15) is 23.7 Å². The SMILES string of the molecule is CCSc1nc2c(C)ccnc2n1Cc1ccc(-n2cc(Cl)cc2C#N)cc1. The van der Waals surface area contributed by atoms with Gasteiger partial charge in [-0.1, -0.05) is 42.4 Å². The second kappa shape index (κ2) is 7.70. The van der Waals surface area contributed by atoms with Crippen molar-refractivity contribution < 1.29 is 0 Å². The molecule has 0 fully saturated rings. The summed E-state index contributed by atoms with van der Waals surface area (Å²) in [4.78, 5) is 9.36. The number of nitrogens with zero attached hydrogens (tertiary/aromatic N) is 5. The molecule has 0 unspecified atom stereocenters. The van der Waals surface area contributed by atoms with Gasteiger partial charge in [0.05, 0.1) is 11.6 Å². The van der Waals surface area contributed by atoms with Crippen LogP contribution in [0.3, 0.4) is 0 Å². The number of nitriles is 1. The molecule has 3 heterocycles. The first-order valence-electron chi connectivity index (χ1n) is 8.92. The Morgan fingerprint density at radius 3 is 2.71 bits per heavy atom. The first-order chi connectivity index (χ1) is 13.6. The molecule has 0 saturated carbocycles. The van der Waals surface area contributed by atoms with Gasteiger partial charge in [0.2, 0.25) is 0 Å². The average Bonchev–Trinajstić information content (AvgIpc) is 3.24. The smallest absolute Gasteiger partial charge is 0.170 e. The van der Waals surface area contributed by atoms with Gasteiger partial charge in [-0.3, -0.25) is 4.57 Å². The van der Waals surface area contributed by atoms with E-state index in [2.05, 4.69) is 41.6 Å². The second-order valence-electron chi connectivity index (χ2n) is 6.41. The Kier molecular flexibility index (Phi) is 5.12. The highest BCUT2D eigenvalue weighted by Crippen LogP contribution is 2.26. The van der Waals surface area contributed by atoms with Crippen molar-refractivity contribution in [1.29, 1.82) is 5.26 Å². The van der Waals surface area contributed by atoms with Crippen LogP contribution in [0.4, 0.5) is 0 Å². The third kappa shape index (κ3) is 3.39. The molecular formula is C21H18ClN5S. The normalized spacial score (nSPS) is 11.1. The molecule has 4 rings (SSSR count). The third-order valence-corrected chi connectivity index (χ3v) is 5.60. The Morgan fingerprint density at radius 2 is 2.00 bits per heavy atom. The maximum Gasteiger partial charge on any atom is 0.170 e. The van der Waals surface area contributed by atoms with E-state index in [1.54, 1.807) is 28.6 Å². The summed E-state index contributed by atoms with van der Waals surface area (Å²) in [5.41, 5.74) is 5.55. The van der Waals surface area contributed by atoms with E-state index in [4.69, 9.17) is 16.6 Å². The molecule has 28 heavy (non-hydrogen) atoms. The first kappa shape index (κ1) is 18.6. The molecule has 4 aromatic rings. The lowest BCUT2D eigenvalue weighted by molar-refractivity contribution is 0.724. The molecule has 0 amide bonds. The summed E-state index contributed by atoms with van der Waals surface area (Å²) in [5, 5.41) is 10.8. The van der Waals surface area contributed by atoms with Crippen molar-refractivity contribution in [2.45, 2.75) is 25.5 Å². The fourth-order valence-corrected chi connectivity index (χ4v) is 4.10. The molecule has 0 radical (unpaired) electrons. The molecule has 0 N–H and O–H groups in total. The number of thioether (sulfide) groups is 1. The lowest BCUT2D eigenvalue weighted by Crippen LogP contribution is -2.03. The maximum atomic E-state index is 9.27. The van der Waals surface area contributed by atoms with E-state index in [0.29, 0.717) is 17.3 Å². The van der Waals surface area contributed by atoms with Crippen LogP contribution in [0.25, 0.3) is 16.9 Å². The summed E-state index contributed by atoms with van der Waals surface area (Å²) in [5.74, 6) is 0.951. The van der Waals surface area contributed by atoms with Crippen LogP contribution in [0.5, 0.6) is 0 Å². The van der Waals surface area contributed by atoms with Gasteiger partial charge in [0.1, 0.15) is 17.3 Å². The number of hydrogen-bond acceptors (Lipinski definition) is 4. The molecule has 5 nitrogen and oxygen atoms in total. The number of aromatic nitrogens is 4. The molecule has 7 heteroatoms. The van der Waals surface area contributed by atoms with Crippen LogP contribution in [-0.2, 0) is 6.54 Å². The number of aryl methyl sites for hydroxylation is 1. The summed E-state index contributed by atoms with van der Waals surface area (Å²) in [6, 6.07) is 13.9. The van der Waals surface area contributed by atoms with Crippen molar-refractivity contribution in [2.75, 3.05) is 5.75 Å². The Labute approximate surface area is 172 Å². The number of pyridine rings is 1. The van der Waals surface area contributed by atoms with Gasteiger partial charge in [-0.15, -0.1) is 0 Å². The monoisotopic (exact) mass is 407 g/mol. The molecule has 0 aliphatic heterocycles. The molecule has 0 saturated heterocycles. The molecule has 140 valence electrons. The van der Waals surface area contributed by atoms with E-state index in [-0.39, 0.29) is 0 Å². The Balaban J connectivity index is 1.69. The molecule has 0 bridgehead atoms. The van der Waals surface area contributed by atoms with Gasteiger partial charge in [0.15, 0.2) is 10.8 Å². The fraction of sp³-hybridized carbons (Fsp3) is 0.190. The largest absolute Gasteiger partial charge is 0.307 e. The maximum absolute atomic E-state index is 9.27. The fourth-order valence-electron chi connectivity index (χ4n) is 3.17. The van der Waals surface area contributed by atoms with Crippen molar-refractivity contribution in [2.24, 2.45) is 0 Å². The number of halogens is 1. The lowest BCUT2D eigenvalue weighted by atomic mass is 10.2. The number of benzene rings is 1. The van der Waals surface area contributed by atoms with Crippen LogP contribution in [0.2, 0.25) is 5.02 Å². The van der Waals surface area contributed by atoms with Gasteiger partial charge in [-0.25, -0.2) is 9.97 Å². The summed E-state index contributed by atoms with van der Waals surface area (Å²) < 4.78 is 3.96. The summed E-state index contributed by atoms with van der Waals surface area (Å²) >= 11 is 7.76. The first-order valence-corrected chi connectivity index (χ1v) is 10.3. The number of imidazole rings is 1. The van der Waals surface area contributed by atoms with Gasteiger partial charge in [0, 0.05) is 18.1 Å². The Bertz CT molecular complexity index is 1180. The minimum atomic E-state index is 0.514. The number of rotatable bonds is 5. The van der Waals surface area contributed by atoms with Gasteiger partial charge in [-0.2, -0.15) is 5.26 Å². The van der Waals surface area contributed by atoms with Crippen LogP contribution >= 0.6 is 23.4 Å². The zero-order valence-corrected chi connectivity index (χ0v) is 17.1. The van der Waals surface area contributed by atoms with Crippen molar-refractivity contribution in [3.05, 3.63) is 70.6 Å². The van der Waals surface area contributed by atoms with Crippen LogP contribution < -0.4 is 0 Å². The van der Waals surface area contributed by atoms with Gasteiger partial charge in [-0.05, 0) is 48.1 Å². The topological polar surface area (TPSA) is 59.4 Å². The standard InChI is InChI=1S/C21H18ClN5S/c1-3-28-21-25-19-14(2)8-9-24-20(19)27(21)12-15-4-6-17(7-5-15)26-13-16(22)10-18(26)11-23/h4-10,13H,3,12H2,1-2H3. The van der Waals surface area contributed by atoms with Crippen LogP contribution in [0.15, 0.2) is 53.9 Å². The van der Waals surface area contributed by atoms with E-state index >= 15 is 0 Å². The van der Waals surface area contributed by atoms with Gasteiger partial charge in [0.25, 0.3) is 0 Å². The summed E-state index contributed by atoms with van der Waals surface area (Å²) in [6.07, 6.45) is 3.58. The quantitative estimate of drug-likeness (QED) is 0.426. The summed E-state index contributed by atoms with van der Waals surface area (Å²) in [7, 11) is 0. The van der Waals surface area contributed by atoms with Gasteiger partial charge >= 0.3 is 0 Å². The third-order valence-electron chi connectivity index (χ3n) is 4.53. The molecular weight excluding hydrogens is 390 g/mol. The molecule has 0 aliphatic carbocycles.